The number of hydrogen-bond donors (Lipinski definition) is 2. The van der Waals surface area contributed by atoms with Crippen molar-refractivity contribution in [1.29, 1.82) is 0 Å². The second kappa shape index (κ2) is 6.36. The molecule has 0 bridgehead atoms. The highest BCUT2D eigenvalue weighted by Gasteiger charge is 2.08. The molecular formula is C24H20N2O. The predicted molar refractivity (Wildman–Crippen MR) is 115 cm³/mol. The van der Waals surface area contributed by atoms with Gasteiger partial charge in [0.05, 0.1) is 0 Å². The zero-order chi connectivity index (χ0) is 18.2. The van der Waals surface area contributed by atoms with Crippen molar-refractivity contribution in [3.63, 3.8) is 0 Å². The average Bonchev–Trinajstić information content (AvgIpc) is 3.09. The second-order valence-electron chi connectivity index (χ2n) is 6.77. The van der Waals surface area contributed by atoms with Gasteiger partial charge in [0.2, 0.25) is 0 Å². The minimum Gasteiger partial charge on any atom is -0.456 e. The summed E-state index contributed by atoms with van der Waals surface area (Å²) in [7, 11) is 1.93. The lowest BCUT2D eigenvalue weighted by Gasteiger charge is -2.09. The maximum absolute atomic E-state index is 5.97. The molecule has 0 aliphatic heterocycles. The fourth-order valence-corrected chi connectivity index (χ4v) is 3.69. The molecule has 3 nitrogen and oxygen atoms in total. The Balaban J connectivity index is 1.50. The topological polar surface area (TPSA) is 37.2 Å². The highest BCUT2D eigenvalue weighted by atomic mass is 16.3. The van der Waals surface area contributed by atoms with Gasteiger partial charge in [0.15, 0.2) is 0 Å². The largest absolute Gasteiger partial charge is 0.456 e. The molecule has 0 spiro atoms. The quantitative estimate of drug-likeness (QED) is 0.393. The van der Waals surface area contributed by atoms with Crippen LogP contribution in [0.3, 0.4) is 0 Å². The summed E-state index contributed by atoms with van der Waals surface area (Å²) in [5, 5.41) is 11.6. The van der Waals surface area contributed by atoms with Crippen molar-refractivity contribution >= 4 is 44.1 Å². The van der Waals surface area contributed by atoms with Gasteiger partial charge in [-0.05, 0) is 52.7 Å². The van der Waals surface area contributed by atoms with Gasteiger partial charge in [0, 0.05) is 35.7 Å². The zero-order valence-corrected chi connectivity index (χ0v) is 15.1. The van der Waals surface area contributed by atoms with E-state index in [9.17, 15) is 0 Å². The Morgan fingerprint density at radius 2 is 1.41 bits per heavy atom. The van der Waals surface area contributed by atoms with Crippen LogP contribution < -0.4 is 10.6 Å². The van der Waals surface area contributed by atoms with Crippen LogP contribution in [-0.2, 0) is 6.54 Å². The molecule has 0 amide bonds. The number of rotatable bonds is 4. The summed E-state index contributed by atoms with van der Waals surface area (Å²) in [4.78, 5) is 0. The van der Waals surface area contributed by atoms with Crippen molar-refractivity contribution in [3.8, 4) is 0 Å². The van der Waals surface area contributed by atoms with Crippen molar-refractivity contribution in [2.75, 3.05) is 17.7 Å². The lowest BCUT2D eigenvalue weighted by Crippen LogP contribution is -1.99. The molecule has 0 atom stereocenters. The Morgan fingerprint density at radius 1 is 0.704 bits per heavy atom. The SMILES string of the molecule is CNc1ccc2oc3ccc(NCc4cccc5ccccc45)cc3c2c1. The van der Waals surface area contributed by atoms with Crippen LogP contribution in [0.5, 0.6) is 0 Å². The van der Waals surface area contributed by atoms with Gasteiger partial charge < -0.3 is 15.1 Å². The lowest BCUT2D eigenvalue weighted by atomic mass is 10.0. The van der Waals surface area contributed by atoms with Gasteiger partial charge in [-0.15, -0.1) is 0 Å². The first-order valence-electron chi connectivity index (χ1n) is 9.16. The maximum atomic E-state index is 5.97. The fourth-order valence-electron chi connectivity index (χ4n) is 3.69. The highest BCUT2D eigenvalue weighted by molar-refractivity contribution is 6.07. The second-order valence-corrected chi connectivity index (χ2v) is 6.77. The first-order chi connectivity index (χ1) is 13.3. The van der Waals surface area contributed by atoms with E-state index < -0.39 is 0 Å². The summed E-state index contributed by atoms with van der Waals surface area (Å²) in [6.07, 6.45) is 0. The van der Waals surface area contributed by atoms with E-state index in [1.807, 2.05) is 25.2 Å². The summed E-state index contributed by atoms with van der Waals surface area (Å²) in [5.74, 6) is 0. The Labute approximate surface area is 157 Å². The van der Waals surface area contributed by atoms with Crippen molar-refractivity contribution in [2.45, 2.75) is 6.54 Å². The van der Waals surface area contributed by atoms with Crippen LogP contribution in [0.4, 0.5) is 11.4 Å². The van der Waals surface area contributed by atoms with E-state index in [4.69, 9.17) is 4.42 Å². The van der Waals surface area contributed by atoms with Crippen molar-refractivity contribution in [2.24, 2.45) is 0 Å². The van der Waals surface area contributed by atoms with Gasteiger partial charge in [-0.3, -0.25) is 0 Å². The van der Waals surface area contributed by atoms with E-state index in [1.165, 1.54) is 16.3 Å². The van der Waals surface area contributed by atoms with Gasteiger partial charge in [-0.25, -0.2) is 0 Å². The molecule has 3 heteroatoms. The van der Waals surface area contributed by atoms with Crippen molar-refractivity contribution in [3.05, 3.63) is 84.4 Å². The van der Waals surface area contributed by atoms with E-state index in [0.29, 0.717) is 0 Å². The summed E-state index contributed by atoms with van der Waals surface area (Å²) >= 11 is 0. The molecule has 1 aromatic heterocycles. The number of nitrogens with one attached hydrogen (secondary N) is 2. The van der Waals surface area contributed by atoms with E-state index >= 15 is 0 Å². The van der Waals surface area contributed by atoms with Crippen LogP contribution in [0.1, 0.15) is 5.56 Å². The molecule has 0 fully saturated rings. The van der Waals surface area contributed by atoms with Crippen LogP contribution in [0.15, 0.2) is 83.3 Å². The van der Waals surface area contributed by atoms with E-state index in [-0.39, 0.29) is 0 Å². The first-order valence-corrected chi connectivity index (χ1v) is 9.16. The van der Waals surface area contributed by atoms with E-state index in [2.05, 4.69) is 71.3 Å². The Kier molecular flexibility index (Phi) is 3.72. The van der Waals surface area contributed by atoms with Gasteiger partial charge in [-0.1, -0.05) is 42.5 Å². The standard InChI is InChI=1S/C24H20N2O/c1-25-18-9-11-23-21(13-18)22-14-19(10-12-24(22)27-23)26-15-17-7-4-6-16-5-2-3-8-20(16)17/h2-14,25-26H,15H2,1H3. The first kappa shape index (κ1) is 15.8. The number of benzene rings is 4. The number of anilines is 2. The number of hydrogen-bond acceptors (Lipinski definition) is 3. The predicted octanol–water partition coefficient (Wildman–Crippen LogP) is 6.39. The third kappa shape index (κ3) is 2.77. The van der Waals surface area contributed by atoms with Gasteiger partial charge in [0.1, 0.15) is 11.2 Å². The third-order valence-corrected chi connectivity index (χ3v) is 5.12. The average molecular weight is 352 g/mol. The minimum absolute atomic E-state index is 0.782. The molecule has 5 rings (SSSR count). The van der Waals surface area contributed by atoms with Crippen LogP contribution in [-0.4, -0.2) is 7.05 Å². The molecule has 0 radical (unpaired) electrons. The maximum Gasteiger partial charge on any atom is 0.135 e. The van der Waals surface area contributed by atoms with Crippen LogP contribution >= 0.6 is 0 Å². The Hall–Kier alpha value is -3.46. The summed E-state index contributed by atoms with van der Waals surface area (Å²) in [6, 6.07) is 27.4. The third-order valence-electron chi connectivity index (χ3n) is 5.12. The number of furan rings is 1. The number of fused-ring (bicyclic) bond motifs is 4. The van der Waals surface area contributed by atoms with Crippen molar-refractivity contribution in [1.82, 2.24) is 0 Å². The smallest absolute Gasteiger partial charge is 0.135 e. The Morgan fingerprint density at radius 3 is 2.22 bits per heavy atom. The van der Waals surface area contributed by atoms with E-state index in [1.54, 1.807) is 0 Å². The molecule has 0 aliphatic rings. The molecule has 132 valence electrons. The Bertz CT molecular complexity index is 1260. The molecule has 4 aromatic carbocycles. The van der Waals surface area contributed by atoms with E-state index in [0.717, 1.165) is 39.9 Å². The molecular weight excluding hydrogens is 332 g/mol. The molecule has 0 unspecified atom stereocenters. The monoisotopic (exact) mass is 352 g/mol. The normalized spacial score (nSPS) is 11.3. The molecule has 0 saturated carbocycles. The minimum atomic E-state index is 0.782. The van der Waals surface area contributed by atoms with Crippen molar-refractivity contribution < 1.29 is 4.42 Å². The van der Waals surface area contributed by atoms with Gasteiger partial charge >= 0.3 is 0 Å². The zero-order valence-electron chi connectivity index (χ0n) is 15.1. The van der Waals surface area contributed by atoms with Crippen LogP contribution in [0, 0.1) is 0 Å². The van der Waals surface area contributed by atoms with Crippen LogP contribution in [0.2, 0.25) is 0 Å². The lowest BCUT2D eigenvalue weighted by molar-refractivity contribution is 0.669. The molecule has 0 aliphatic carbocycles. The molecule has 1 heterocycles. The van der Waals surface area contributed by atoms with Gasteiger partial charge in [0.25, 0.3) is 0 Å². The fraction of sp³-hybridized carbons (Fsp3) is 0.0833. The molecule has 2 N–H and O–H groups in total. The van der Waals surface area contributed by atoms with Gasteiger partial charge in [-0.2, -0.15) is 0 Å². The summed E-state index contributed by atoms with van der Waals surface area (Å²) < 4.78 is 5.97. The van der Waals surface area contributed by atoms with Crippen LogP contribution in [0.25, 0.3) is 32.7 Å². The molecule has 5 aromatic rings. The molecule has 0 saturated heterocycles. The summed E-state index contributed by atoms with van der Waals surface area (Å²) in [6.45, 7) is 0.782. The molecule has 27 heavy (non-hydrogen) atoms. The highest BCUT2D eigenvalue weighted by Crippen LogP contribution is 2.32. The summed E-state index contributed by atoms with van der Waals surface area (Å²) in [5.41, 5.74) is 5.29.